The lowest BCUT2D eigenvalue weighted by Gasteiger charge is -2.42. The summed E-state index contributed by atoms with van der Waals surface area (Å²) in [7, 11) is -3.67. The number of nitrogens with one attached hydrogen (secondary N) is 1. The summed E-state index contributed by atoms with van der Waals surface area (Å²) in [5.74, 6) is 0.206. The molecule has 1 aliphatic heterocycles. The largest absolute Gasteiger partial charge is 0.494 e. The van der Waals surface area contributed by atoms with Gasteiger partial charge < -0.3 is 10.1 Å². The second-order valence-electron chi connectivity index (χ2n) is 8.01. The van der Waals surface area contributed by atoms with Gasteiger partial charge in [0.05, 0.1) is 29.7 Å². The number of amides is 1. The van der Waals surface area contributed by atoms with E-state index in [-0.39, 0.29) is 28.7 Å². The van der Waals surface area contributed by atoms with Crippen molar-refractivity contribution < 1.29 is 17.9 Å². The minimum Gasteiger partial charge on any atom is -0.494 e. The lowest BCUT2D eigenvalue weighted by atomic mass is 9.62. The third kappa shape index (κ3) is 3.94. The Morgan fingerprint density at radius 2 is 2.00 bits per heavy atom. The number of sulfonamides is 1. The Hall–Kier alpha value is -2.45. The van der Waals surface area contributed by atoms with E-state index in [0.29, 0.717) is 25.4 Å². The van der Waals surface area contributed by atoms with Crippen molar-refractivity contribution in [1.82, 2.24) is 14.6 Å². The fraction of sp³-hybridized carbons (Fsp3) is 0.455. The molecule has 1 unspecified atom stereocenters. The highest BCUT2D eigenvalue weighted by molar-refractivity contribution is 7.89. The summed E-state index contributed by atoms with van der Waals surface area (Å²) in [6.07, 6.45) is 4.48. The van der Waals surface area contributed by atoms with E-state index in [0.717, 1.165) is 25.0 Å². The highest BCUT2D eigenvalue weighted by atomic mass is 32.2. The summed E-state index contributed by atoms with van der Waals surface area (Å²) < 4.78 is 33.3. The van der Waals surface area contributed by atoms with Crippen LogP contribution in [-0.2, 0) is 21.4 Å². The van der Waals surface area contributed by atoms with Gasteiger partial charge in [-0.15, -0.1) is 0 Å². The SMILES string of the molecule is CCOc1ccc(S(=O)(=O)N2CC(C(=O)NCc3ccccn3)C3(CCC3)C2)cc1. The molecular weight excluding hydrogens is 402 g/mol. The van der Waals surface area contributed by atoms with Crippen LogP contribution < -0.4 is 10.1 Å². The van der Waals surface area contributed by atoms with Gasteiger partial charge in [-0.05, 0) is 61.6 Å². The average molecular weight is 430 g/mol. The van der Waals surface area contributed by atoms with E-state index in [2.05, 4.69) is 10.3 Å². The quantitative estimate of drug-likeness (QED) is 0.731. The van der Waals surface area contributed by atoms with Gasteiger partial charge in [0.25, 0.3) is 0 Å². The van der Waals surface area contributed by atoms with Gasteiger partial charge in [-0.2, -0.15) is 4.31 Å². The maximum atomic E-state index is 13.2. The molecule has 1 spiro atoms. The number of nitrogens with zero attached hydrogens (tertiary/aromatic N) is 2. The molecule has 1 saturated carbocycles. The first-order valence-corrected chi connectivity index (χ1v) is 11.8. The number of hydrogen-bond acceptors (Lipinski definition) is 5. The fourth-order valence-corrected chi connectivity index (χ4v) is 5.98. The highest BCUT2D eigenvalue weighted by Crippen LogP contribution is 2.52. The highest BCUT2D eigenvalue weighted by Gasteiger charge is 2.55. The van der Waals surface area contributed by atoms with Crippen molar-refractivity contribution in [1.29, 1.82) is 0 Å². The van der Waals surface area contributed by atoms with Gasteiger partial charge in [0, 0.05) is 19.3 Å². The predicted molar refractivity (Wildman–Crippen MR) is 112 cm³/mol. The Bertz CT molecular complexity index is 989. The Kier molecular flexibility index (Phi) is 5.79. The predicted octanol–water partition coefficient (Wildman–Crippen LogP) is 2.59. The normalized spacial score (nSPS) is 20.6. The summed E-state index contributed by atoms with van der Waals surface area (Å²) in [6.45, 7) is 3.35. The third-order valence-electron chi connectivity index (χ3n) is 6.22. The lowest BCUT2D eigenvalue weighted by molar-refractivity contribution is -0.129. The molecule has 1 aliphatic carbocycles. The van der Waals surface area contributed by atoms with Crippen LogP contribution in [-0.4, -0.2) is 43.3 Å². The Morgan fingerprint density at radius 3 is 2.60 bits per heavy atom. The van der Waals surface area contributed by atoms with Crippen LogP contribution in [0.15, 0.2) is 53.6 Å². The second kappa shape index (κ2) is 8.35. The van der Waals surface area contributed by atoms with Crippen LogP contribution in [0.25, 0.3) is 0 Å². The van der Waals surface area contributed by atoms with Gasteiger partial charge >= 0.3 is 0 Å². The monoisotopic (exact) mass is 429 g/mol. The second-order valence-corrected chi connectivity index (χ2v) is 9.95. The van der Waals surface area contributed by atoms with Gasteiger partial charge in [0.2, 0.25) is 15.9 Å². The number of pyridine rings is 1. The lowest BCUT2D eigenvalue weighted by Crippen LogP contribution is -2.45. The molecule has 1 amide bonds. The van der Waals surface area contributed by atoms with E-state index >= 15 is 0 Å². The molecule has 2 aliphatic rings. The number of carbonyl (C=O) groups is 1. The van der Waals surface area contributed by atoms with Gasteiger partial charge in [0.15, 0.2) is 0 Å². The number of benzene rings is 1. The summed E-state index contributed by atoms with van der Waals surface area (Å²) in [6, 6.07) is 12.0. The standard InChI is InChI=1S/C22H27N3O4S/c1-2-29-18-7-9-19(10-8-18)30(27,28)25-15-20(22(16-25)11-5-12-22)21(26)24-14-17-6-3-4-13-23-17/h3-4,6-10,13,20H,2,5,11-12,14-16H2,1H3,(H,24,26). The molecule has 2 aromatic rings. The van der Waals surface area contributed by atoms with E-state index in [9.17, 15) is 13.2 Å². The van der Waals surface area contributed by atoms with Crippen LogP contribution in [0.4, 0.5) is 0 Å². The first-order valence-electron chi connectivity index (χ1n) is 10.4. The van der Waals surface area contributed by atoms with E-state index in [1.165, 1.54) is 4.31 Å². The zero-order chi connectivity index (χ0) is 21.2. The van der Waals surface area contributed by atoms with Gasteiger partial charge in [-0.1, -0.05) is 12.5 Å². The minimum atomic E-state index is -3.67. The number of rotatable bonds is 7. The van der Waals surface area contributed by atoms with Crippen molar-refractivity contribution in [3.63, 3.8) is 0 Å². The minimum absolute atomic E-state index is 0.0928. The van der Waals surface area contributed by atoms with E-state index in [1.807, 2.05) is 25.1 Å². The molecule has 7 nitrogen and oxygen atoms in total. The molecule has 4 rings (SSSR count). The van der Waals surface area contributed by atoms with Crippen LogP contribution in [0.3, 0.4) is 0 Å². The molecule has 1 atom stereocenters. The summed E-state index contributed by atoms with van der Waals surface area (Å²) in [5.41, 5.74) is 0.525. The molecule has 1 saturated heterocycles. The molecular formula is C22H27N3O4S. The molecule has 8 heteroatoms. The molecule has 1 aromatic heterocycles. The zero-order valence-corrected chi connectivity index (χ0v) is 17.9. The van der Waals surface area contributed by atoms with E-state index in [1.54, 1.807) is 30.5 Å². The topological polar surface area (TPSA) is 88.6 Å². The fourth-order valence-electron chi connectivity index (χ4n) is 4.43. The Morgan fingerprint density at radius 1 is 1.23 bits per heavy atom. The van der Waals surface area contributed by atoms with E-state index < -0.39 is 10.0 Å². The molecule has 1 aromatic carbocycles. The van der Waals surface area contributed by atoms with Crippen molar-refractivity contribution in [3.8, 4) is 5.75 Å². The molecule has 30 heavy (non-hydrogen) atoms. The third-order valence-corrected chi connectivity index (χ3v) is 8.05. The van der Waals surface area contributed by atoms with Crippen molar-refractivity contribution >= 4 is 15.9 Å². The molecule has 0 radical (unpaired) electrons. The van der Waals surface area contributed by atoms with Crippen molar-refractivity contribution in [3.05, 3.63) is 54.4 Å². The van der Waals surface area contributed by atoms with Gasteiger partial charge in [-0.3, -0.25) is 9.78 Å². The molecule has 1 N–H and O–H groups in total. The number of hydrogen-bond donors (Lipinski definition) is 1. The Labute approximate surface area is 177 Å². The van der Waals surface area contributed by atoms with Crippen molar-refractivity contribution in [2.45, 2.75) is 37.6 Å². The first-order chi connectivity index (χ1) is 14.4. The summed E-state index contributed by atoms with van der Waals surface area (Å²) in [5, 5.41) is 2.96. The van der Waals surface area contributed by atoms with Crippen LogP contribution >= 0.6 is 0 Å². The maximum Gasteiger partial charge on any atom is 0.243 e. The molecule has 2 fully saturated rings. The smallest absolute Gasteiger partial charge is 0.243 e. The van der Waals surface area contributed by atoms with Crippen LogP contribution in [0.5, 0.6) is 5.75 Å². The number of ether oxygens (including phenoxy) is 1. The van der Waals surface area contributed by atoms with Gasteiger partial charge in [-0.25, -0.2) is 8.42 Å². The molecule has 160 valence electrons. The van der Waals surface area contributed by atoms with Gasteiger partial charge in [0.1, 0.15) is 5.75 Å². The van der Waals surface area contributed by atoms with Crippen LogP contribution in [0, 0.1) is 11.3 Å². The molecule has 2 heterocycles. The zero-order valence-electron chi connectivity index (χ0n) is 17.1. The number of aromatic nitrogens is 1. The van der Waals surface area contributed by atoms with Crippen LogP contribution in [0.2, 0.25) is 0 Å². The van der Waals surface area contributed by atoms with Crippen LogP contribution in [0.1, 0.15) is 31.9 Å². The van der Waals surface area contributed by atoms with E-state index in [4.69, 9.17) is 4.74 Å². The maximum absolute atomic E-state index is 13.2. The Balaban J connectivity index is 1.48. The van der Waals surface area contributed by atoms with Crippen molar-refractivity contribution in [2.24, 2.45) is 11.3 Å². The van der Waals surface area contributed by atoms with Crippen molar-refractivity contribution in [2.75, 3.05) is 19.7 Å². The number of carbonyl (C=O) groups excluding carboxylic acids is 1. The molecule has 0 bridgehead atoms. The summed E-state index contributed by atoms with van der Waals surface area (Å²) in [4.78, 5) is 17.4. The first kappa shape index (κ1) is 20.8. The summed E-state index contributed by atoms with van der Waals surface area (Å²) >= 11 is 0. The average Bonchev–Trinajstić information content (AvgIpc) is 3.16.